The van der Waals surface area contributed by atoms with Gasteiger partial charge in [-0.2, -0.15) is 18.4 Å². The van der Waals surface area contributed by atoms with Gasteiger partial charge in [0.2, 0.25) is 5.91 Å². The highest BCUT2D eigenvalue weighted by molar-refractivity contribution is 5.91. The van der Waals surface area contributed by atoms with Crippen molar-refractivity contribution in [3.8, 4) is 29.1 Å². The number of rotatable bonds is 8. The van der Waals surface area contributed by atoms with Gasteiger partial charge in [0.25, 0.3) is 0 Å². The molecule has 3 heterocycles. The fourth-order valence-corrected chi connectivity index (χ4v) is 7.60. The smallest absolute Gasteiger partial charge is 0.416 e. The minimum atomic E-state index is -4.44. The van der Waals surface area contributed by atoms with Crippen LogP contribution in [0.4, 0.5) is 13.2 Å². The Balaban J connectivity index is 1.37. The number of nitriles is 1. The molecule has 1 fully saturated rings. The maximum absolute atomic E-state index is 13.1. The molecule has 3 aromatic carbocycles. The number of halogens is 3. The van der Waals surface area contributed by atoms with E-state index in [0.717, 1.165) is 34.4 Å². The summed E-state index contributed by atoms with van der Waals surface area (Å²) < 4.78 is 61.5. The standard InChI is InChI=1S/C36H37F3N4O5/c1-42-26-12-22-15-31(46-3)33(48-5)17-25(22)35(42)27-13-21-14-30(45-2)32(47-4)16-24(21)29(43(27)28(26)18-40)19-41-34(44)11-8-20-6-9-23(10-7-20)36(37,38)39/h6-11,14-17,26-29,35H,12-13,19H2,1-5H3,(H,41,44)/b11-8+/t26-,27-,28-,29-,35+/m0/s1. The van der Waals surface area contributed by atoms with Gasteiger partial charge in [-0.05, 0) is 90.2 Å². The number of benzene rings is 3. The van der Waals surface area contributed by atoms with Crippen molar-refractivity contribution >= 4 is 12.0 Å². The monoisotopic (exact) mass is 662 g/mol. The quantitative estimate of drug-likeness (QED) is 0.323. The van der Waals surface area contributed by atoms with Crippen LogP contribution < -0.4 is 24.3 Å². The number of methoxy groups -OCH3 is 4. The lowest BCUT2D eigenvalue weighted by molar-refractivity contribution is -0.137. The lowest BCUT2D eigenvalue weighted by atomic mass is 9.72. The van der Waals surface area contributed by atoms with Crippen LogP contribution in [0.15, 0.2) is 54.6 Å². The predicted octanol–water partition coefficient (Wildman–Crippen LogP) is 5.34. The Morgan fingerprint density at radius 1 is 0.896 bits per heavy atom. The van der Waals surface area contributed by atoms with Gasteiger partial charge in [-0.1, -0.05) is 12.1 Å². The third kappa shape index (κ3) is 5.82. The van der Waals surface area contributed by atoms with Gasteiger partial charge in [-0.3, -0.25) is 14.6 Å². The molecule has 0 aliphatic carbocycles. The number of carbonyl (C=O) groups is 1. The van der Waals surface area contributed by atoms with Crippen LogP contribution in [0.5, 0.6) is 23.0 Å². The third-order valence-corrected chi connectivity index (χ3v) is 9.85. The minimum Gasteiger partial charge on any atom is -0.493 e. The molecule has 5 atom stereocenters. The molecule has 48 heavy (non-hydrogen) atoms. The average molecular weight is 663 g/mol. The highest BCUT2D eigenvalue weighted by Gasteiger charge is 2.54. The summed E-state index contributed by atoms with van der Waals surface area (Å²) in [7, 11) is 8.43. The van der Waals surface area contributed by atoms with E-state index in [9.17, 15) is 23.2 Å². The van der Waals surface area contributed by atoms with Gasteiger partial charge < -0.3 is 24.3 Å². The largest absolute Gasteiger partial charge is 0.493 e. The molecule has 12 heteroatoms. The van der Waals surface area contributed by atoms with Gasteiger partial charge in [0.15, 0.2) is 23.0 Å². The van der Waals surface area contributed by atoms with Crippen molar-refractivity contribution in [2.75, 3.05) is 42.0 Å². The SMILES string of the molecule is COc1cc2c(cc1OC)[C@@H]1[C@@H]3Cc4cc(OC)c(OC)cc4[C@H](CNC(=O)/C=C/c4ccc(C(F)(F)F)cc4)N3[C@@H](C#N)[C@H](C2)N1C. The summed E-state index contributed by atoms with van der Waals surface area (Å²) in [5.41, 5.74) is 3.85. The zero-order valence-electron chi connectivity index (χ0n) is 27.3. The van der Waals surface area contributed by atoms with E-state index < -0.39 is 29.7 Å². The third-order valence-electron chi connectivity index (χ3n) is 9.85. The Labute approximate surface area is 277 Å². The Morgan fingerprint density at radius 3 is 2.00 bits per heavy atom. The van der Waals surface area contributed by atoms with Crippen molar-refractivity contribution in [1.29, 1.82) is 5.26 Å². The molecule has 1 saturated heterocycles. The Kier molecular flexibility index (Phi) is 9.02. The van der Waals surface area contributed by atoms with Crippen molar-refractivity contribution in [3.63, 3.8) is 0 Å². The summed E-state index contributed by atoms with van der Waals surface area (Å²) in [5.74, 6) is 1.98. The van der Waals surface area contributed by atoms with Crippen molar-refractivity contribution in [2.24, 2.45) is 0 Å². The van der Waals surface area contributed by atoms with Crippen molar-refractivity contribution in [1.82, 2.24) is 15.1 Å². The average Bonchev–Trinajstić information content (AvgIpc) is 3.08. The van der Waals surface area contributed by atoms with E-state index in [1.807, 2.05) is 24.3 Å². The van der Waals surface area contributed by atoms with Gasteiger partial charge in [0, 0.05) is 24.7 Å². The molecule has 1 amide bonds. The number of hydrogen-bond donors (Lipinski definition) is 1. The molecule has 0 unspecified atom stereocenters. The van der Waals surface area contributed by atoms with Crippen LogP contribution in [0, 0.1) is 11.3 Å². The molecule has 6 rings (SSSR count). The summed E-state index contributed by atoms with van der Waals surface area (Å²) >= 11 is 0. The first kappa shape index (κ1) is 33.2. The Morgan fingerprint density at radius 2 is 1.44 bits per heavy atom. The molecule has 3 aliphatic heterocycles. The van der Waals surface area contributed by atoms with Gasteiger partial charge in [0.1, 0.15) is 6.04 Å². The molecule has 3 aromatic rings. The Hall–Kier alpha value is -4.73. The number of hydrogen-bond acceptors (Lipinski definition) is 8. The first-order chi connectivity index (χ1) is 23.0. The number of likely N-dealkylation sites (N-methyl/N-ethyl adjacent to an activating group) is 1. The lowest BCUT2D eigenvalue weighted by Crippen LogP contribution is -2.68. The van der Waals surface area contributed by atoms with Crippen molar-refractivity contribution < 1.29 is 36.9 Å². The van der Waals surface area contributed by atoms with E-state index >= 15 is 0 Å². The number of fused-ring (bicyclic) bond motifs is 7. The van der Waals surface area contributed by atoms with Crippen LogP contribution >= 0.6 is 0 Å². The Bertz CT molecular complexity index is 1770. The second-order valence-corrected chi connectivity index (χ2v) is 12.2. The van der Waals surface area contributed by atoms with Gasteiger partial charge in [0.05, 0.1) is 52.2 Å². The summed E-state index contributed by atoms with van der Waals surface area (Å²) in [5, 5.41) is 13.7. The van der Waals surface area contributed by atoms with E-state index in [1.165, 1.54) is 24.3 Å². The molecule has 0 aromatic heterocycles. The van der Waals surface area contributed by atoms with E-state index in [2.05, 4.69) is 28.2 Å². The lowest BCUT2D eigenvalue weighted by Gasteiger charge is -2.60. The zero-order chi connectivity index (χ0) is 34.3. The molecular formula is C36H37F3N4O5. The maximum atomic E-state index is 13.1. The van der Waals surface area contributed by atoms with Crippen LogP contribution in [0.25, 0.3) is 6.08 Å². The number of ether oxygens (including phenoxy) is 4. The molecule has 1 N–H and O–H groups in total. The first-order valence-electron chi connectivity index (χ1n) is 15.5. The van der Waals surface area contributed by atoms with Gasteiger partial charge >= 0.3 is 6.18 Å². The molecule has 9 nitrogen and oxygen atoms in total. The molecule has 252 valence electrons. The number of carbonyl (C=O) groups excluding carboxylic acids is 1. The van der Waals surface area contributed by atoms with Crippen molar-refractivity contribution in [2.45, 2.75) is 49.2 Å². The second kappa shape index (κ2) is 13.1. The number of nitrogens with one attached hydrogen (secondary N) is 1. The summed E-state index contributed by atoms with van der Waals surface area (Å²) in [6.45, 7) is 0.176. The number of nitrogens with zero attached hydrogens (tertiary/aromatic N) is 3. The fourth-order valence-electron chi connectivity index (χ4n) is 7.60. The molecule has 3 aliphatic rings. The van der Waals surface area contributed by atoms with E-state index in [1.54, 1.807) is 28.4 Å². The highest BCUT2D eigenvalue weighted by atomic mass is 19.4. The van der Waals surface area contributed by atoms with Gasteiger partial charge in [-0.15, -0.1) is 0 Å². The van der Waals surface area contributed by atoms with E-state index in [0.29, 0.717) is 41.4 Å². The fraction of sp³-hybridized carbons (Fsp3) is 0.389. The van der Waals surface area contributed by atoms with Crippen LogP contribution in [-0.2, 0) is 23.8 Å². The second-order valence-electron chi connectivity index (χ2n) is 12.2. The van der Waals surface area contributed by atoms with Crippen LogP contribution in [0.3, 0.4) is 0 Å². The zero-order valence-corrected chi connectivity index (χ0v) is 27.3. The van der Waals surface area contributed by atoms with E-state index in [-0.39, 0.29) is 24.7 Å². The van der Waals surface area contributed by atoms with Crippen LogP contribution in [-0.4, -0.2) is 75.9 Å². The van der Waals surface area contributed by atoms with Crippen LogP contribution in [0.2, 0.25) is 0 Å². The molecule has 0 spiro atoms. The first-order valence-corrected chi connectivity index (χ1v) is 15.5. The topological polar surface area (TPSA) is 96.3 Å². The number of alkyl halides is 3. The molecule has 0 saturated carbocycles. The highest BCUT2D eigenvalue weighted by Crippen LogP contribution is 2.52. The summed E-state index contributed by atoms with van der Waals surface area (Å²) in [6, 6.07) is 13.8. The minimum absolute atomic E-state index is 0.0952. The summed E-state index contributed by atoms with van der Waals surface area (Å²) in [4.78, 5) is 17.7. The number of piperazine rings is 1. The molecular weight excluding hydrogens is 625 g/mol. The molecule has 2 bridgehead atoms. The predicted molar refractivity (Wildman–Crippen MR) is 172 cm³/mol. The van der Waals surface area contributed by atoms with Crippen molar-refractivity contribution in [3.05, 3.63) is 88.0 Å². The summed E-state index contributed by atoms with van der Waals surface area (Å²) in [6.07, 6.45) is -0.434. The normalized spacial score (nSPS) is 23.4. The number of amides is 1. The van der Waals surface area contributed by atoms with Crippen LogP contribution in [0.1, 0.15) is 45.5 Å². The maximum Gasteiger partial charge on any atom is 0.416 e. The molecule has 0 radical (unpaired) electrons. The van der Waals surface area contributed by atoms with E-state index in [4.69, 9.17) is 18.9 Å². The van der Waals surface area contributed by atoms with Gasteiger partial charge in [-0.25, -0.2) is 0 Å².